The van der Waals surface area contributed by atoms with Gasteiger partial charge in [0.1, 0.15) is 17.1 Å². The highest BCUT2D eigenvalue weighted by molar-refractivity contribution is 6.04. The summed E-state index contributed by atoms with van der Waals surface area (Å²) >= 11 is 0. The van der Waals surface area contributed by atoms with Gasteiger partial charge in [-0.3, -0.25) is 0 Å². The van der Waals surface area contributed by atoms with E-state index in [1.807, 2.05) is 12.1 Å². The Kier molecular flexibility index (Phi) is 2.68. The van der Waals surface area contributed by atoms with Crippen LogP contribution in [0, 0.1) is 0 Å². The normalized spacial score (nSPS) is 12.0. The fourth-order valence-corrected chi connectivity index (χ4v) is 2.34. The van der Waals surface area contributed by atoms with Gasteiger partial charge in [0, 0.05) is 12.0 Å². The summed E-state index contributed by atoms with van der Waals surface area (Å²) in [5.74, 6) is -1.91. The third-order valence-electron chi connectivity index (χ3n) is 3.25. The number of para-hydroxylation sites is 1. The van der Waals surface area contributed by atoms with Gasteiger partial charge in [-0.15, -0.1) is 0 Å². The number of carbonyl (C=O) groups is 2. The molecule has 0 unspecified atom stereocenters. The molecule has 1 aliphatic heterocycles. The SMILES string of the molecule is O=C(O)c1ccc2c(c1C(=O)O)Oc1ccccc1C2. The number of hydrogen-bond acceptors (Lipinski definition) is 3. The van der Waals surface area contributed by atoms with Gasteiger partial charge in [-0.25, -0.2) is 9.59 Å². The van der Waals surface area contributed by atoms with Crippen LogP contribution in [0.3, 0.4) is 0 Å². The quantitative estimate of drug-likeness (QED) is 0.748. The van der Waals surface area contributed by atoms with Gasteiger partial charge < -0.3 is 14.9 Å². The van der Waals surface area contributed by atoms with E-state index in [0.29, 0.717) is 17.7 Å². The molecule has 0 saturated carbocycles. The predicted octanol–water partition coefficient (Wildman–Crippen LogP) is 2.78. The zero-order valence-corrected chi connectivity index (χ0v) is 10.3. The summed E-state index contributed by atoms with van der Waals surface area (Å²) in [6, 6.07) is 10.2. The number of rotatable bonds is 2. The molecule has 0 fully saturated rings. The molecular weight excluding hydrogens is 260 g/mol. The van der Waals surface area contributed by atoms with Gasteiger partial charge in [0.05, 0.1) is 5.56 Å². The molecule has 100 valence electrons. The van der Waals surface area contributed by atoms with Crippen LogP contribution in [0.2, 0.25) is 0 Å². The van der Waals surface area contributed by atoms with E-state index in [1.165, 1.54) is 6.07 Å². The van der Waals surface area contributed by atoms with E-state index >= 15 is 0 Å². The van der Waals surface area contributed by atoms with Crippen LogP contribution in [0.1, 0.15) is 31.8 Å². The van der Waals surface area contributed by atoms with Crippen molar-refractivity contribution in [2.75, 3.05) is 0 Å². The lowest BCUT2D eigenvalue weighted by Gasteiger charge is -2.22. The minimum absolute atomic E-state index is 0.121. The van der Waals surface area contributed by atoms with Crippen LogP contribution in [-0.2, 0) is 6.42 Å². The smallest absolute Gasteiger partial charge is 0.340 e. The number of aromatic carboxylic acids is 2. The number of carboxylic acids is 2. The fourth-order valence-electron chi connectivity index (χ4n) is 2.34. The van der Waals surface area contributed by atoms with Crippen molar-refractivity contribution in [3.8, 4) is 11.5 Å². The number of benzene rings is 2. The minimum atomic E-state index is -1.31. The molecule has 0 aliphatic carbocycles. The average molecular weight is 270 g/mol. The number of carboxylic acid groups (broad SMARTS) is 2. The minimum Gasteiger partial charge on any atom is -0.478 e. The first-order chi connectivity index (χ1) is 9.58. The molecule has 2 N–H and O–H groups in total. The van der Waals surface area contributed by atoms with Gasteiger partial charge in [0.25, 0.3) is 0 Å². The molecule has 5 heteroatoms. The Morgan fingerprint density at radius 3 is 2.40 bits per heavy atom. The third kappa shape index (κ3) is 1.80. The van der Waals surface area contributed by atoms with Gasteiger partial charge in [-0.05, 0) is 17.7 Å². The standard InChI is InChI=1S/C15H10O5/c16-14(17)10-6-5-9-7-8-3-1-2-4-11(8)20-13(9)12(10)15(18)19/h1-6H,7H2,(H,16,17)(H,18,19). The van der Waals surface area contributed by atoms with Gasteiger partial charge in [-0.1, -0.05) is 24.3 Å². The maximum Gasteiger partial charge on any atom is 0.340 e. The zero-order chi connectivity index (χ0) is 14.3. The van der Waals surface area contributed by atoms with Crippen LogP contribution < -0.4 is 4.74 Å². The van der Waals surface area contributed by atoms with E-state index in [1.54, 1.807) is 18.2 Å². The molecule has 0 bridgehead atoms. The Labute approximate surface area is 114 Å². The highest BCUT2D eigenvalue weighted by Gasteiger charge is 2.27. The fraction of sp³-hybridized carbons (Fsp3) is 0.0667. The van der Waals surface area contributed by atoms with Crippen molar-refractivity contribution in [2.24, 2.45) is 0 Å². The molecule has 5 nitrogen and oxygen atoms in total. The van der Waals surface area contributed by atoms with Crippen molar-refractivity contribution in [3.05, 3.63) is 58.7 Å². The van der Waals surface area contributed by atoms with Crippen molar-refractivity contribution >= 4 is 11.9 Å². The Morgan fingerprint density at radius 2 is 1.70 bits per heavy atom. The molecule has 0 amide bonds. The second-order valence-corrected chi connectivity index (χ2v) is 4.47. The van der Waals surface area contributed by atoms with Crippen molar-refractivity contribution in [3.63, 3.8) is 0 Å². The number of hydrogen-bond donors (Lipinski definition) is 2. The molecule has 0 radical (unpaired) electrons. The molecule has 1 heterocycles. The Balaban J connectivity index is 2.21. The maximum absolute atomic E-state index is 11.4. The molecule has 0 atom stereocenters. The zero-order valence-electron chi connectivity index (χ0n) is 10.3. The predicted molar refractivity (Wildman–Crippen MR) is 69.7 cm³/mol. The van der Waals surface area contributed by atoms with Gasteiger partial charge >= 0.3 is 11.9 Å². The first kappa shape index (κ1) is 12.2. The first-order valence-corrected chi connectivity index (χ1v) is 5.96. The molecule has 0 aromatic heterocycles. The summed E-state index contributed by atoms with van der Waals surface area (Å²) in [7, 11) is 0. The van der Waals surface area contributed by atoms with Crippen LogP contribution in [0.15, 0.2) is 36.4 Å². The van der Waals surface area contributed by atoms with Crippen molar-refractivity contribution in [1.29, 1.82) is 0 Å². The molecular formula is C15H10O5. The van der Waals surface area contributed by atoms with E-state index in [-0.39, 0.29) is 16.9 Å². The van der Waals surface area contributed by atoms with E-state index in [2.05, 4.69) is 0 Å². The van der Waals surface area contributed by atoms with Crippen molar-refractivity contribution in [2.45, 2.75) is 6.42 Å². The van der Waals surface area contributed by atoms with Crippen LogP contribution in [0.25, 0.3) is 0 Å². The molecule has 0 saturated heterocycles. The van der Waals surface area contributed by atoms with E-state index in [9.17, 15) is 14.7 Å². The third-order valence-corrected chi connectivity index (χ3v) is 3.25. The van der Waals surface area contributed by atoms with Gasteiger partial charge in [0.2, 0.25) is 0 Å². The molecule has 0 spiro atoms. The lowest BCUT2D eigenvalue weighted by atomic mass is 9.95. The summed E-state index contributed by atoms with van der Waals surface area (Å²) < 4.78 is 5.62. The van der Waals surface area contributed by atoms with E-state index in [4.69, 9.17) is 9.84 Å². The highest BCUT2D eigenvalue weighted by atomic mass is 16.5. The Bertz CT molecular complexity index is 733. The van der Waals surface area contributed by atoms with Crippen LogP contribution >= 0.6 is 0 Å². The lowest BCUT2D eigenvalue weighted by Crippen LogP contribution is -2.14. The second kappa shape index (κ2) is 4.38. The summed E-state index contributed by atoms with van der Waals surface area (Å²) in [6.07, 6.45) is 0.520. The van der Waals surface area contributed by atoms with Crippen molar-refractivity contribution in [1.82, 2.24) is 0 Å². The summed E-state index contributed by atoms with van der Waals surface area (Å²) in [5, 5.41) is 18.4. The molecule has 3 rings (SSSR count). The van der Waals surface area contributed by atoms with Crippen LogP contribution in [0.5, 0.6) is 11.5 Å². The Hall–Kier alpha value is -2.82. The summed E-state index contributed by atoms with van der Waals surface area (Å²) in [4.78, 5) is 22.5. The number of fused-ring (bicyclic) bond motifs is 2. The molecule has 1 aliphatic rings. The molecule has 20 heavy (non-hydrogen) atoms. The van der Waals surface area contributed by atoms with E-state index < -0.39 is 11.9 Å². The summed E-state index contributed by atoms with van der Waals surface area (Å²) in [5.41, 5.74) is 1.05. The van der Waals surface area contributed by atoms with Gasteiger partial charge in [0.15, 0.2) is 0 Å². The topological polar surface area (TPSA) is 83.8 Å². The summed E-state index contributed by atoms with van der Waals surface area (Å²) in [6.45, 7) is 0. The van der Waals surface area contributed by atoms with Crippen molar-refractivity contribution < 1.29 is 24.5 Å². The molecule has 2 aromatic rings. The van der Waals surface area contributed by atoms with Crippen LogP contribution in [-0.4, -0.2) is 22.2 Å². The number of ether oxygens (including phenoxy) is 1. The average Bonchev–Trinajstić information content (AvgIpc) is 2.43. The van der Waals surface area contributed by atoms with E-state index in [0.717, 1.165) is 5.56 Å². The lowest BCUT2D eigenvalue weighted by molar-refractivity contribution is 0.0648. The second-order valence-electron chi connectivity index (χ2n) is 4.47. The first-order valence-electron chi connectivity index (χ1n) is 5.96. The highest BCUT2D eigenvalue weighted by Crippen LogP contribution is 2.39. The monoisotopic (exact) mass is 270 g/mol. The largest absolute Gasteiger partial charge is 0.478 e. The van der Waals surface area contributed by atoms with Crippen LogP contribution in [0.4, 0.5) is 0 Å². The van der Waals surface area contributed by atoms with Gasteiger partial charge in [-0.2, -0.15) is 0 Å². The molecule has 2 aromatic carbocycles. The maximum atomic E-state index is 11.4. The Morgan fingerprint density at radius 1 is 0.950 bits per heavy atom.